The molecule has 5 heteroatoms. The summed E-state index contributed by atoms with van der Waals surface area (Å²) in [4.78, 5) is 16.0. The highest BCUT2D eigenvalue weighted by Crippen LogP contribution is 2.16. The molecule has 2 rings (SSSR count). The molecule has 0 aliphatic rings. The van der Waals surface area contributed by atoms with Crippen LogP contribution < -0.4 is 5.32 Å². The summed E-state index contributed by atoms with van der Waals surface area (Å²) < 4.78 is 0.660. The zero-order chi connectivity index (χ0) is 12.3. The lowest BCUT2D eigenvalue weighted by Gasteiger charge is -2.12. The molecule has 1 unspecified atom stereocenters. The van der Waals surface area contributed by atoms with E-state index < -0.39 is 0 Å². The number of halogens is 1. The molecule has 0 saturated carbocycles. The molecule has 2 aromatic rings. The van der Waals surface area contributed by atoms with E-state index in [1.807, 2.05) is 23.8 Å². The minimum absolute atomic E-state index is 0.00506. The smallest absolute Gasteiger partial charge is 0.270 e. The Hall–Kier alpha value is -1.20. The van der Waals surface area contributed by atoms with Crippen LogP contribution >= 0.6 is 27.3 Å². The molecule has 1 atom stereocenters. The highest BCUT2D eigenvalue weighted by molar-refractivity contribution is 9.10. The molecule has 88 valence electrons. The van der Waals surface area contributed by atoms with Gasteiger partial charge in [-0.3, -0.25) is 4.79 Å². The monoisotopic (exact) mass is 310 g/mol. The predicted molar refractivity (Wildman–Crippen MR) is 72.1 cm³/mol. The first-order valence-corrected chi connectivity index (χ1v) is 6.86. The Kier molecular flexibility index (Phi) is 3.91. The van der Waals surface area contributed by atoms with Crippen LogP contribution in [0.25, 0.3) is 0 Å². The molecule has 2 aromatic heterocycles. The van der Waals surface area contributed by atoms with Gasteiger partial charge in [-0.1, -0.05) is 6.07 Å². The largest absolute Gasteiger partial charge is 0.344 e. The van der Waals surface area contributed by atoms with Crippen LogP contribution in [0.2, 0.25) is 0 Å². The van der Waals surface area contributed by atoms with E-state index >= 15 is 0 Å². The molecule has 2 heterocycles. The van der Waals surface area contributed by atoms with Gasteiger partial charge in [0.15, 0.2) is 0 Å². The average molecular weight is 311 g/mol. The van der Waals surface area contributed by atoms with E-state index in [-0.39, 0.29) is 11.9 Å². The Morgan fingerprint density at radius 1 is 1.47 bits per heavy atom. The fraction of sp³-hybridized carbons (Fsp3) is 0.167. The maximum Gasteiger partial charge on any atom is 0.270 e. The summed E-state index contributed by atoms with van der Waals surface area (Å²) in [6.07, 6.45) is 0. The molecular weight excluding hydrogens is 300 g/mol. The van der Waals surface area contributed by atoms with Crippen LogP contribution in [0, 0.1) is 0 Å². The summed E-state index contributed by atoms with van der Waals surface area (Å²) in [5.41, 5.74) is 1.53. The molecule has 0 bridgehead atoms. The van der Waals surface area contributed by atoms with Gasteiger partial charge >= 0.3 is 0 Å². The minimum atomic E-state index is -0.162. The van der Waals surface area contributed by atoms with Crippen molar-refractivity contribution in [1.29, 1.82) is 0 Å². The van der Waals surface area contributed by atoms with Gasteiger partial charge < -0.3 is 5.32 Å². The van der Waals surface area contributed by atoms with Gasteiger partial charge in [0.05, 0.1) is 6.04 Å². The number of pyridine rings is 1. The van der Waals surface area contributed by atoms with Crippen LogP contribution in [0.1, 0.15) is 29.0 Å². The third kappa shape index (κ3) is 3.14. The molecule has 0 radical (unpaired) electrons. The third-order valence-corrected chi connectivity index (χ3v) is 3.48. The maximum atomic E-state index is 11.9. The fourth-order valence-electron chi connectivity index (χ4n) is 1.41. The van der Waals surface area contributed by atoms with Crippen molar-refractivity contribution in [2.75, 3.05) is 0 Å². The van der Waals surface area contributed by atoms with Crippen molar-refractivity contribution in [3.8, 4) is 0 Å². The zero-order valence-corrected chi connectivity index (χ0v) is 11.6. The lowest BCUT2D eigenvalue weighted by Crippen LogP contribution is -2.27. The van der Waals surface area contributed by atoms with Crippen molar-refractivity contribution in [1.82, 2.24) is 10.3 Å². The number of amides is 1. The lowest BCUT2D eigenvalue weighted by molar-refractivity contribution is 0.0934. The number of nitrogens with zero attached hydrogens (tertiary/aromatic N) is 1. The molecule has 0 spiro atoms. The van der Waals surface area contributed by atoms with Gasteiger partial charge in [0.25, 0.3) is 5.91 Å². The summed E-state index contributed by atoms with van der Waals surface area (Å²) in [6, 6.07) is 7.28. The van der Waals surface area contributed by atoms with Crippen LogP contribution in [0.15, 0.2) is 39.6 Å². The van der Waals surface area contributed by atoms with E-state index in [2.05, 4.69) is 26.2 Å². The number of nitrogens with one attached hydrogen (secondary N) is 1. The molecular formula is C12H11BrN2OS. The van der Waals surface area contributed by atoms with Crippen molar-refractivity contribution in [2.45, 2.75) is 13.0 Å². The van der Waals surface area contributed by atoms with Crippen molar-refractivity contribution >= 4 is 33.2 Å². The van der Waals surface area contributed by atoms with Gasteiger partial charge in [-0.15, -0.1) is 0 Å². The Morgan fingerprint density at radius 3 is 2.94 bits per heavy atom. The Labute approximate surface area is 112 Å². The second-order valence-electron chi connectivity index (χ2n) is 3.60. The van der Waals surface area contributed by atoms with E-state index in [1.165, 1.54) is 0 Å². The van der Waals surface area contributed by atoms with Gasteiger partial charge in [-0.05, 0) is 57.4 Å². The third-order valence-electron chi connectivity index (χ3n) is 2.34. The second kappa shape index (κ2) is 5.42. The van der Waals surface area contributed by atoms with Crippen molar-refractivity contribution < 1.29 is 4.79 Å². The number of rotatable bonds is 3. The SMILES string of the molecule is CC(NC(=O)c1cccc(Br)n1)c1ccsc1. The van der Waals surface area contributed by atoms with E-state index in [4.69, 9.17) is 0 Å². The van der Waals surface area contributed by atoms with Crippen LogP contribution in [0.4, 0.5) is 0 Å². The van der Waals surface area contributed by atoms with Crippen LogP contribution in [-0.2, 0) is 0 Å². The molecule has 0 aromatic carbocycles. The maximum absolute atomic E-state index is 11.9. The molecule has 0 aliphatic carbocycles. The lowest BCUT2D eigenvalue weighted by atomic mass is 10.2. The first kappa shape index (κ1) is 12.3. The molecule has 0 fully saturated rings. The highest BCUT2D eigenvalue weighted by atomic mass is 79.9. The van der Waals surface area contributed by atoms with Crippen LogP contribution in [0.3, 0.4) is 0 Å². The van der Waals surface area contributed by atoms with E-state index in [0.717, 1.165) is 5.56 Å². The number of hydrogen-bond acceptors (Lipinski definition) is 3. The predicted octanol–water partition coefficient (Wildman–Crippen LogP) is 3.40. The van der Waals surface area contributed by atoms with Gasteiger partial charge in [0.2, 0.25) is 0 Å². The summed E-state index contributed by atoms with van der Waals surface area (Å²) in [5.74, 6) is -0.162. The zero-order valence-electron chi connectivity index (χ0n) is 9.18. The summed E-state index contributed by atoms with van der Waals surface area (Å²) in [7, 11) is 0. The van der Waals surface area contributed by atoms with E-state index in [0.29, 0.717) is 10.3 Å². The van der Waals surface area contributed by atoms with Crippen LogP contribution in [-0.4, -0.2) is 10.9 Å². The van der Waals surface area contributed by atoms with Crippen molar-refractivity contribution in [3.05, 3.63) is 50.9 Å². The van der Waals surface area contributed by atoms with Crippen LogP contribution in [0.5, 0.6) is 0 Å². The topological polar surface area (TPSA) is 42.0 Å². The van der Waals surface area contributed by atoms with Gasteiger partial charge in [-0.25, -0.2) is 4.98 Å². The molecule has 0 aliphatic heterocycles. The number of carbonyl (C=O) groups excluding carboxylic acids is 1. The van der Waals surface area contributed by atoms with Gasteiger partial charge in [-0.2, -0.15) is 11.3 Å². The Balaban J connectivity index is 2.07. The fourth-order valence-corrected chi connectivity index (χ4v) is 2.51. The molecule has 3 nitrogen and oxygen atoms in total. The molecule has 17 heavy (non-hydrogen) atoms. The Morgan fingerprint density at radius 2 is 2.29 bits per heavy atom. The number of aromatic nitrogens is 1. The van der Waals surface area contributed by atoms with Gasteiger partial charge in [0, 0.05) is 0 Å². The normalized spacial score (nSPS) is 12.1. The number of thiophene rings is 1. The number of hydrogen-bond donors (Lipinski definition) is 1. The molecule has 0 saturated heterocycles. The standard InChI is InChI=1S/C12H11BrN2OS/c1-8(9-5-6-17-7-9)14-12(16)10-3-2-4-11(13)15-10/h2-8H,1H3,(H,14,16). The van der Waals surface area contributed by atoms with E-state index in [1.54, 1.807) is 29.5 Å². The summed E-state index contributed by atoms with van der Waals surface area (Å²) >= 11 is 4.86. The first-order valence-electron chi connectivity index (χ1n) is 5.12. The minimum Gasteiger partial charge on any atom is -0.344 e. The Bertz CT molecular complexity index is 513. The summed E-state index contributed by atoms with van der Waals surface area (Å²) in [6.45, 7) is 1.96. The highest BCUT2D eigenvalue weighted by Gasteiger charge is 2.12. The molecule has 1 N–H and O–H groups in total. The quantitative estimate of drug-likeness (QED) is 0.883. The second-order valence-corrected chi connectivity index (χ2v) is 5.19. The van der Waals surface area contributed by atoms with Gasteiger partial charge in [0.1, 0.15) is 10.3 Å². The average Bonchev–Trinajstić information content (AvgIpc) is 2.82. The molecule has 1 amide bonds. The van der Waals surface area contributed by atoms with E-state index in [9.17, 15) is 4.79 Å². The first-order chi connectivity index (χ1) is 8.16. The number of carbonyl (C=O) groups is 1. The van der Waals surface area contributed by atoms with Crippen molar-refractivity contribution in [2.24, 2.45) is 0 Å². The summed E-state index contributed by atoms with van der Waals surface area (Å²) in [5, 5.41) is 6.93. The van der Waals surface area contributed by atoms with Crippen molar-refractivity contribution in [3.63, 3.8) is 0 Å².